The highest BCUT2D eigenvalue weighted by Crippen LogP contribution is 2.20. The predicted octanol–water partition coefficient (Wildman–Crippen LogP) is 2.70. The van der Waals surface area contributed by atoms with Gasteiger partial charge in [-0.2, -0.15) is 0 Å². The summed E-state index contributed by atoms with van der Waals surface area (Å²) in [6, 6.07) is 3.79. The monoisotopic (exact) mass is 337 g/mol. The SMILES string of the molecule is CN=C(NCCCOCc1ccco1)NCCCOC1CCCC1. The molecule has 0 aromatic carbocycles. The summed E-state index contributed by atoms with van der Waals surface area (Å²) in [5.74, 6) is 1.70. The van der Waals surface area contributed by atoms with Crippen LogP contribution in [0.2, 0.25) is 0 Å². The van der Waals surface area contributed by atoms with E-state index in [1.54, 1.807) is 13.3 Å². The number of guanidine groups is 1. The fraction of sp³-hybridized carbons (Fsp3) is 0.722. The molecular formula is C18H31N3O3. The van der Waals surface area contributed by atoms with E-state index >= 15 is 0 Å². The van der Waals surface area contributed by atoms with Crippen molar-refractivity contribution < 1.29 is 13.9 Å². The molecule has 2 N–H and O–H groups in total. The van der Waals surface area contributed by atoms with Gasteiger partial charge in [0, 0.05) is 33.4 Å². The first-order valence-corrected chi connectivity index (χ1v) is 9.04. The third-order valence-corrected chi connectivity index (χ3v) is 4.08. The van der Waals surface area contributed by atoms with Gasteiger partial charge >= 0.3 is 0 Å². The molecule has 0 aliphatic heterocycles. The van der Waals surface area contributed by atoms with Crippen LogP contribution in [0.1, 0.15) is 44.3 Å². The van der Waals surface area contributed by atoms with Crippen LogP contribution in [0.5, 0.6) is 0 Å². The van der Waals surface area contributed by atoms with Crippen molar-refractivity contribution in [1.82, 2.24) is 10.6 Å². The molecule has 0 saturated heterocycles. The van der Waals surface area contributed by atoms with Crippen molar-refractivity contribution in [2.24, 2.45) is 4.99 Å². The summed E-state index contributed by atoms with van der Waals surface area (Å²) >= 11 is 0. The molecule has 136 valence electrons. The molecule has 6 heteroatoms. The molecule has 0 amide bonds. The van der Waals surface area contributed by atoms with Crippen molar-refractivity contribution in [2.45, 2.75) is 51.2 Å². The average molecular weight is 337 g/mol. The molecule has 24 heavy (non-hydrogen) atoms. The number of hydrogen-bond donors (Lipinski definition) is 2. The zero-order chi connectivity index (χ0) is 16.9. The Kier molecular flexibility index (Phi) is 9.34. The van der Waals surface area contributed by atoms with Crippen molar-refractivity contribution in [3.8, 4) is 0 Å². The Balaban J connectivity index is 1.40. The lowest BCUT2D eigenvalue weighted by Crippen LogP contribution is -2.38. The third kappa shape index (κ3) is 7.84. The fourth-order valence-corrected chi connectivity index (χ4v) is 2.75. The molecule has 0 atom stereocenters. The largest absolute Gasteiger partial charge is 0.467 e. The van der Waals surface area contributed by atoms with Crippen molar-refractivity contribution in [1.29, 1.82) is 0 Å². The molecule has 1 aliphatic carbocycles. The first kappa shape index (κ1) is 18.8. The highest BCUT2D eigenvalue weighted by atomic mass is 16.5. The van der Waals surface area contributed by atoms with E-state index in [1.165, 1.54) is 25.7 Å². The van der Waals surface area contributed by atoms with Gasteiger partial charge in [-0.15, -0.1) is 0 Å². The maximum atomic E-state index is 5.85. The minimum Gasteiger partial charge on any atom is -0.467 e. The van der Waals surface area contributed by atoms with E-state index < -0.39 is 0 Å². The number of nitrogens with zero attached hydrogens (tertiary/aromatic N) is 1. The van der Waals surface area contributed by atoms with Crippen LogP contribution in [0, 0.1) is 0 Å². The van der Waals surface area contributed by atoms with Crippen molar-refractivity contribution in [2.75, 3.05) is 33.4 Å². The standard InChI is InChI=1S/C18H31N3O3/c1-19-18(21-11-6-14-23-16-7-2-3-8-16)20-10-5-12-22-15-17-9-4-13-24-17/h4,9,13,16H,2-3,5-8,10-12,14-15H2,1H3,(H2,19,20,21). The zero-order valence-corrected chi connectivity index (χ0v) is 14.8. The van der Waals surface area contributed by atoms with Gasteiger partial charge in [0.15, 0.2) is 5.96 Å². The van der Waals surface area contributed by atoms with E-state index in [4.69, 9.17) is 13.9 Å². The van der Waals surface area contributed by atoms with Crippen LogP contribution in [0.3, 0.4) is 0 Å². The van der Waals surface area contributed by atoms with Crippen LogP contribution in [-0.4, -0.2) is 45.4 Å². The quantitative estimate of drug-likeness (QED) is 0.369. The van der Waals surface area contributed by atoms with E-state index in [-0.39, 0.29) is 0 Å². The second-order valence-electron chi connectivity index (χ2n) is 6.04. The molecule has 1 aliphatic rings. The van der Waals surface area contributed by atoms with E-state index in [2.05, 4.69) is 15.6 Å². The zero-order valence-electron chi connectivity index (χ0n) is 14.8. The lowest BCUT2D eigenvalue weighted by atomic mass is 10.3. The maximum Gasteiger partial charge on any atom is 0.190 e. The summed E-state index contributed by atoms with van der Waals surface area (Å²) in [6.45, 7) is 3.76. The van der Waals surface area contributed by atoms with Gasteiger partial charge in [0.25, 0.3) is 0 Å². The molecule has 1 aromatic heterocycles. The number of aliphatic imine (C=N–C) groups is 1. The highest BCUT2D eigenvalue weighted by Gasteiger charge is 2.14. The number of furan rings is 1. The first-order valence-electron chi connectivity index (χ1n) is 9.04. The van der Waals surface area contributed by atoms with Crippen molar-refractivity contribution in [3.63, 3.8) is 0 Å². The normalized spacial score (nSPS) is 15.8. The topological polar surface area (TPSA) is 68.0 Å². The summed E-state index contributed by atoms with van der Waals surface area (Å²) in [7, 11) is 1.79. The second kappa shape index (κ2) is 11.9. The third-order valence-electron chi connectivity index (χ3n) is 4.08. The molecule has 0 radical (unpaired) electrons. The van der Waals surface area contributed by atoms with E-state index in [0.717, 1.165) is 44.3 Å². The molecular weight excluding hydrogens is 306 g/mol. The predicted molar refractivity (Wildman–Crippen MR) is 95.2 cm³/mol. The maximum absolute atomic E-state index is 5.85. The summed E-state index contributed by atoms with van der Waals surface area (Å²) in [6.07, 6.45) is 9.21. The minimum absolute atomic E-state index is 0.503. The van der Waals surface area contributed by atoms with Crippen molar-refractivity contribution >= 4 is 5.96 Å². The molecule has 1 saturated carbocycles. The lowest BCUT2D eigenvalue weighted by molar-refractivity contribution is 0.0574. The van der Waals surface area contributed by atoms with Crippen molar-refractivity contribution in [3.05, 3.63) is 24.2 Å². The molecule has 1 heterocycles. The van der Waals surface area contributed by atoms with Crippen LogP contribution >= 0.6 is 0 Å². The smallest absolute Gasteiger partial charge is 0.190 e. The lowest BCUT2D eigenvalue weighted by Gasteiger charge is -2.13. The Morgan fingerprint density at radius 2 is 1.96 bits per heavy atom. The van der Waals surface area contributed by atoms with Crippen LogP contribution in [-0.2, 0) is 16.1 Å². The number of rotatable bonds is 11. The van der Waals surface area contributed by atoms with E-state index in [1.807, 2.05) is 12.1 Å². The van der Waals surface area contributed by atoms with Gasteiger partial charge in [0.05, 0.1) is 12.4 Å². The van der Waals surface area contributed by atoms with Gasteiger partial charge in [-0.05, 0) is 37.8 Å². The fourth-order valence-electron chi connectivity index (χ4n) is 2.75. The summed E-state index contributed by atoms with van der Waals surface area (Å²) in [4.78, 5) is 4.22. The summed E-state index contributed by atoms with van der Waals surface area (Å²) in [5, 5.41) is 6.60. The summed E-state index contributed by atoms with van der Waals surface area (Å²) in [5.41, 5.74) is 0. The Morgan fingerprint density at radius 3 is 2.62 bits per heavy atom. The van der Waals surface area contributed by atoms with Gasteiger partial charge in [-0.1, -0.05) is 12.8 Å². The Hall–Kier alpha value is -1.53. The summed E-state index contributed by atoms with van der Waals surface area (Å²) < 4.78 is 16.6. The van der Waals surface area contributed by atoms with Crippen LogP contribution in [0.15, 0.2) is 27.8 Å². The number of hydrogen-bond acceptors (Lipinski definition) is 4. The second-order valence-corrected chi connectivity index (χ2v) is 6.04. The van der Waals surface area contributed by atoms with Crippen LogP contribution in [0.4, 0.5) is 0 Å². The molecule has 0 unspecified atom stereocenters. The Morgan fingerprint density at radius 1 is 1.21 bits per heavy atom. The average Bonchev–Trinajstić information content (AvgIpc) is 3.29. The molecule has 2 rings (SSSR count). The Bertz CT molecular complexity index is 442. The van der Waals surface area contributed by atoms with Crippen LogP contribution < -0.4 is 10.6 Å². The molecule has 6 nitrogen and oxygen atoms in total. The van der Waals surface area contributed by atoms with E-state index in [0.29, 0.717) is 19.3 Å². The molecule has 0 spiro atoms. The number of ether oxygens (including phenoxy) is 2. The molecule has 1 aromatic rings. The van der Waals surface area contributed by atoms with Gasteiger partial charge < -0.3 is 24.5 Å². The molecule has 1 fully saturated rings. The van der Waals surface area contributed by atoms with Gasteiger partial charge in [-0.25, -0.2) is 0 Å². The first-order chi connectivity index (χ1) is 11.9. The van der Waals surface area contributed by atoms with Gasteiger partial charge in [-0.3, -0.25) is 4.99 Å². The Labute approximate surface area is 145 Å². The van der Waals surface area contributed by atoms with Gasteiger partial charge in [0.2, 0.25) is 0 Å². The molecule has 0 bridgehead atoms. The highest BCUT2D eigenvalue weighted by molar-refractivity contribution is 5.79. The van der Waals surface area contributed by atoms with E-state index in [9.17, 15) is 0 Å². The minimum atomic E-state index is 0.503. The number of nitrogens with one attached hydrogen (secondary N) is 2. The van der Waals surface area contributed by atoms with Gasteiger partial charge in [0.1, 0.15) is 12.4 Å². The van der Waals surface area contributed by atoms with Crippen LogP contribution in [0.25, 0.3) is 0 Å².